The molecule has 100 valence electrons. The summed E-state index contributed by atoms with van der Waals surface area (Å²) >= 11 is 0. The summed E-state index contributed by atoms with van der Waals surface area (Å²) in [5, 5.41) is 11.8. The van der Waals surface area contributed by atoms with Crippen LogP contribution in [0.15, 0.2) is 30.5 Å². The number of anilines is 1. The molecule has 2 aromatic rings. The molecule has 1 saturated carbocycles. The number of hydrogen-bond donors (Lipinski definition) is 2. The van der Waals surface area contributed by atoms with E-state index in [0.29, 0.717) is 12.6 Å². The van der Waals surface area contributed by atoms with Crippen molar-refractivity contribution in [2.24, 2.45) is 5.73 Å². The molecule has 4 nitrogen and oxygen atoms in total. The number of fused-ring (bicyclic) bond motifs is 1. The van der Waals surface area contributed by atoms with Crippen molar-refractivity contribution in [3.8, 4) is 5.75 Å². The van der Waals surface area contributed by atoms with Crippen molar-refractivity contribution in [3.63, 3.8) is 0 Å². The second kappa shape index (κ2) is 5.05. The molecule has 1 aromatic carbocycles. The summed E-state index contributed by atoms with van der Waals surface area (Å²) in [6.45, 7) is 1.63. The number of phenols is 1. The third-order valence-electron chi connectivity index (χ3n) is 3.59. The fraction of sp³-hybridized carbons (Fsp3) is 0.400. The van der Waals surface area contributed by atoms with E-state index in [1.807, 2.05) is 18.3 Å². The minimum absolute atomic E-state index is 0.288. The second-order valence-corrected chi connectivity index (χ2v) is 5.11. The van der Waals surface area contributed by atoms with Crippen LogP contribution in [0.2, 0.25) is 0 Å². The Morgan fingerprint density at radius 1 is 1.32 bits per heavy atom. The van der Waals surface area contributed by atoms with E-state index in [-0.39, 0.29) is 5.75 Å². The SMILES string of the molecule is NCCCN(c1nccc2ccc(O)cc12)C1CC1. The summed E-state index contributed by atoms with van der Waals surface area (Å²) in [6, 6.07) is 8.02. The molecule has 0 unspecified atom stereocenters. The molecule has 0 saturated heterocycles. The Bertz CT molecular complexity index is 581. The molecular formula is C15H19N3O. The number of benzene rings is 1. The number of phenolic OH excluding ortho intramolecular Hbond substituents is 1. The largest absolute Gasteiger partial charge is 0.508 e. The molecule has 19 heavy (non-hydrogen) atoms. The van der Waals surface area contributed by atoms with Crippen LogP contribution in [-0.2, 0) is 0 Å². The van der Waals surface area contributed by atoms with Crippen LogP contribution in [0.5, 0.6) is 5.75 Å². The summed E-state index contributed by atoms with van der Waals surface area (Å²) in [7, 11) is 0. The van der Waals surface area contributed by atoms with Crippen LogP contribution in [-0.4, -0.2) is 29.2 Å². The van der Waals surface area contributed by atoms with Crippen LogP contribution in [0.25, 0.3) is 10.8 Å². The van der Waals surface area contributed by atoms with Crippen molar-refractivity contribution in [1.82, 2.24) is 4.98 Å². The number of pyridine rings is 1. The van der Waals surface area contributed by atoms with Crippen LogP contribution < -0.4 is 10.6 Å². The summed E-state index contributed by atoms with van der Waals surface area (Å²) in [5.41, 5.74) is 5.63. The first-order valence-electron chi connectivity index (χ1n) is 6.84. The van der Waals surface area contributed by atoms with E-state index in [1.165, 1.54) is 12.8 Å². The van der Waals surface area contributed by atoms with Crippen molar-refractivity contribution in [3.05, 3.63) is 30.5 Å². The molecule has 1 aromatic heterocycles. The molecule has 1 aliphatic carbocycles. The highest BCUT2D eigenvalue weighted by molar-refractivity contribution is 5.93. The Kier molecular flexibility index (Phi) is 3.25. The molecule has 3 N–H and O–H groups in total. The summed E-state index contributed by atoms with van der Waals surface area (Å²) < 4.78 is 0. The number of nitrogens with zero attached hydrogens (tertiary/aromatic N) is 2. The molecule has 0 bridgehead atoms. The van der Waals surface area contributed by atoms with E-state index in [1.54, 1.807) is 12.1 Å². The molecule has 4 heteroatoms. The molecule has 1 heterocycles. The van der Waals surface area contributed by atoms with Crippen LogP contribution in [0.3, 0.4) is 0 Å². The van der Waals surface area contributed by atoms with Crippen LogP contribution in [0.4, 0.5) is 5.82 Å². The predicted molar refractivity (Wildman–Crippen MR) is 77.4 cm³/mol. The molecule has 0 atom stereocenters. The van der Waals surface area contributed by atoms with Gasteiger partial charge in [-0.3, -0.25) is 0 Å². The molecule has 0 aliphatic heterocycles. The van der Waals surface area contributed by atoms with Crippen LogP contribution in [0, 0.1) is 0 Å². The molecule has 3 rings (SSSR count). The Balaban J connectivity index is 2.03. The van der Waals surface area contributed by atoms with Gasteiger partial charge in [0.2, 0.25) is 0 Å². The van der Waals surface area contributed by atoms with Crippen molar-refractivity contribution < 1.29 is 5.11 Å². The second-order valence-electron chi connectivity index (χ2n) is 5.11. The standard InChI is InChI=1S/C15H19N3O/c16-7-1-9-18(12-3-4-12)15-14-10-13(19)5-2-11(14)6-8-17-15/h2,5-6,8,10,12,19H,1,3-4,7,9,16H2. The van der Waals surface area contributed by atoms with Gasteiger partial charge in [-0.15, -0.1) is 0 Å². The van der Waals surface area contributed by atoms with Crippen molar-refractivity contribution in [1.29, 1.82) is 0 Å². The third kappa shape index (κ3) is 2.49. The van der Waals surface area contributed by atoms with Gasteiger partial charge in [0.15, 0.2) is 0 Å². The lowest BCUT2D eigenvalue weighted by atomic mass is 10.1. The average molecular weight is 257 g/mol. The van der Waals surface area contributed by atoms with Crippen LogP contribution in [0.1, 0.15) is 19.3 Å². The zero-order valence-corrected chi connectivity index (χ0v) is 10.9. The Hall–Kier alpha value is -1.81. The van der Waals surface area contributed by atoms with Gasteiger partial charge in [0, 0.05) is 24.2 Å². The maximum Gasteiger partial charge on any atom is 0.136 e. The van der Waals surface area contributed by atoms with Gasteiger partial charge in [-0.25, -0.2) is 4.98 Å². The highest BCUT2D eigenvalue weighted by Gasteiger charge is 2.30. The van der Waals surface area contributed by atoms with Gasteiger partial charge >= 0.3 is 0 Å². The lowest BCUT2D eigenvalue weighted by Crippen LogP contribution is -2.29. The zero-order valence-electron chi connectivity index (χ0n) is 10.9. The van der Waals surface area contributed by atoms with Gasteiger partial charge in [-0.2, -0.15) is 0 Å². The number of aromatic hydroxyl groups is 1. The molecular weight excluding hydrogens is 238 g/mol. The Morgan fingerprint density at radius 2 is 2.16 bits per heavy atom. The van der Waals surface area contributed by atoms with E-state index in [4.69, 9.17) is 5.73 Å². The Labute approximate surface area is 112 Å². The monoisotopic (exact) mass is 257 g/mol. The minimum Gasteiger partial charge on any atom is -0.508 e. The number of nitrogens with two attached hydrogens (primary N) is 1. The van der Waals surface area contributed by atoms with Gasteiger partial charge in [-0.1, -0.05) is 6.07 Å². The first-order chi connectivity index (χ1) is 9.29. The minimum atomic E-state index is 0.288. The molecule has 0 spiro atoms. The van der Waals surface area contributed by atoms with Gasteiger partial charge in [0.1, 0.15) is 11.6 Å². The van der Waals surface area contributed by atoms with E-state index >= 15 is 0 Å². The fourth-order valence-corrected chi connectivity index (χ4v) is 2.48. The summed E-state index contributed by atoms with van der Waals surface area (Å²) in [6.07, 6.45) is 5.25. The number of rotatable bonds is 5. The molecule has 1 fully saturated rings. The van der Waals surface area contributed by atoms with E-state index in [2.05, 4.69) is 9.88 Å². The quantitative estimate of drug-likeness (QED) is 0.862. The zero-order chi connectivity index (χ0) is 13.2. The first kappa shape index (κ1) is 12.2. The smallest absolute Gasteiger partial charge is 0.136 e. The van der Waals surface area contributed by atoms with E-state index in [0.717, 1.165) is 29.6 Å². The highest BCUT2D eigenvalue weighted by Crippen LogP contribution is 2.35. The fourth-order valence-electron chi connectivity index (χ4n) is 2.48. The highest BCUT2D eigenvalue weighted by atomic mass is 16.3. The lowest BCUT2D eigenvalue weighted by Gasteiger charge is -2.24. The number of aromatic nitrogens is 1. The van der Waals surface area contributed by atoms with Gasteiger partial charge in [0.25, 0.3) is 0 Å². The summed E-state index contributed by atoms with van der Waals surface area (Å²) in [5.74, 6) is 1.26. The van der Waals surface area contributed by atoms with Crippen LogP contribution >= 0.6 is 0 Å². The van der Waals surface area contributed by atoms with Gasteiger partial charge in [-0.05, 0) is 49.4 Å². The molecule has 0 radical (unpaired) electrons. The van der Waals surface area contributed by atoms with Gasteiger partial charge in [0.05, 0.1) is 0 Å². The average Bonchev–Trinajstić information content (AvgIpc) is 3.24. The molecule has 0 amide bonds. The first-order valence-corrected chi connectivity index (χ1v) is 6.84. The normalized spacial score (nSPS) is 14.8. The van der Waals surface area contributed by atoms with E-state index in [9.17, 15) is 5.11 Å². The molecule has 1 aliphatic rings. The summed E-state index contributed by atoms with van der Waals surface area (Å²) in [4.78, 5) is 6.88. The van der Waals surface area contributed by atoms with Gasteiger partial charge < -0.3 is 15.7 Å². The number of hydrogen-bond acceptors (Lipinski definition) is 4. The van der Waals surface area contributed by atoms with Crippen molar-refractivity contribution in [2.45, 2.75) is 25.3 Å². The van der Waals surface area contributed by atoms with Crippen molar-refractivity contribution >= 4 is 16.6 Å². The predicted octanol–water partition coefficient (Wildman–Crippen LogP) is 2.26. The maximum absolute atomic E-state index is 9.70. The van der Waals surface area contributed by atoms with Crippen molar-refractivity contribution in [2.75, 3.05) is 18.0 Å². The third-order valence-corrected chi connectivity index (χ3v) is 3.59. The lowest BCUT2D eigenvalue weighted by molar-refractivity contribution is 0.476. The topological polar surface area (TPSA) is 62.4 Å². The van der Waals surface area contributed by atoms with E-state index < -0.39 is 0 Å². The maximum atomic E-state index is 9.70. The Morgan fingerprint density at radius 3 is 2.89 bits per heavy atom.